The molecule has 1 heterocycles. The number of aliphatic hydroxyl groups is 3. The summed E-state index contributed by atoms with van der Waals surface area (Å²) in [6.45, 7) is 6.12. The van der Waals surface area contributed by atoms with E-state index in [2.05, 4.69) is 5.32 Å². The fraction of sp³-hybridized carbons (Fsp3) is 0.909. The van der Waals surface area contributed by atoms with Crippen molar-refractivity contribution < 1.29 is 20.1 Å². The third-order valence-electron chi connectivity index (χ3n) is 3.81. The molecule has 6 heteroatoms. The third kappa shape index (κ3) is 1.90. The summed E-state index contributed by atoms with van der Waals surface area (Å²) in [5.74, 6) is 0.105. The predicted octanol–water partition coefficient (Wildman–Crippen LogP) is -0.307. The van der Waals surface area contributed by atoms with Crippen molar-refractivity contribution in [1.29, 1.82) is 0 Å². The Balaban J connectivity index is 3.22. The van der Waals surface area contributed by atoms with Crippen LogP contribution in [0, 0.1) is 11.3 Å². The van der Waals surface area contributed by atoms with Gasteiger partial charge in [-0.1, -0.05) is 27.7 Å². The van der Waals surface area contributed by atoms with Crippen LogP contribution in [0.4, 0.5) is 4.79 Å². The lowest BCUT2D eigenvalue weighted by atomic mass is 9.69. The monoisotopic (exact) mass is 246 g/mol. The number of urea groups is 1. The van der Waals surface area contributed by atoms with Crippen LogP contribution in [0.15, 0.2) is 0 Å². The highest BCUT2D eigenvalue weighted by Crippen LogP contribution is 2.42. The number of amides is 2. The van der Waals surface area contributed by atoms with Gasteiger partial charge in [-0.3, -0.25) is 4.90 Å². The Hall–Kier alpha value is -0.850. The second-order valence-electron chi connectivity index (χ2n) is 5.44. The molecule has 17 heavy (non-hydrogen) atoms. The molecule has 100 valence electrons. The molecule has 0 aromatic carbocycles. The summed E-state index contributed by atoms with van der Waals surface area (Å²) < 4.78 is 0. The standard InChI is InChI=1S/C11H22N2O4/c1-7(2)8-10(3,4)11(17,5-14)13(6-15)9(16)12-8/h7-8,14-15,17H,5-6H2,1-4H3,(H,12,16). The number of carbonyl (C=O) groups excluding carboxylic acids is 1. The molecule has 2 amide bonds. The van der Waals surface area contributed by atoms with E-state index < -0.39 is 30.5 Å². The number of nitrogens with one attached hydrogen (secondary N) is 1. The molecule has 0 spiro atoms. The van der Waals surface area contributed by atoms with Crippen LogP contribution >= 0.6 is 0 Å². The van der Waals surface area contributed by atoms with Crippen molar-refractivity contribution in [3.8, 4) is 0 Å². The average molecular weight is 246 g/mol. The zero-order valence-electron chi connectivity index (χ0n) is 10.8. The maximum absolute atomic E-state index is 11.8. The minimum Gasteiger partial charge on any atom is -0.391 e. The van der Waals surface area contributed by atoms with Gasteiger partial charge in [-0.05, 0) is 5.92 Å². The molecule has 0 radical (unpaired) electrons. The summed E-state index contributed by atoms with van der Waals surface area (Å²) in [4.78, 5) is 12.6. The van der Waals surface area contributed by atoms with Crippen LogP contribution in [0.3, 0.4) is 0 Å². The topological polar surface area (TPSA) is 93.0 Å². The van der Waals surface area contributed by atoms with E-state index in [4.69, 9.17) is 0 Å². The molecule has 2 atom stereocenters. The number of aliphatic hydroxyl groups excluding tert-OH is 2. The maximum atomic E-state index is 11.8. The van der Waals surface area contributed by atoms with Gasteiger partial charge in [-0.15, -0.1) is 0 Å². The Morgan fingerprint density at radius 3 is 2.29 bits per heavy atom. The van der Waals surface area contributed by atoms with Gasteiger partial charge in [0.1, 0.15) is 6.73 Å². The Kier molecular flexibility index (Phi) is 3.71. The van der Waals surface area contributed by atoms with Crippen molar-refractivity contribution in [2.45, 2.75) is 39.5 Å². The molecule has 4 N–H and O–H groups in total. The minimum atomic E-state index is -1.76. The number of nitrogens with zero attached hydrogens (tertiary/aromatic N) is 1. The smallest absolute Gasteiger partial charge is 0.321 e. The summed E-state index contributed by atoms with van der Waals surface area (Å²) in [6, 6.07) is -0.850. The number of carbonyl (C=O) groups is 1. The zero-order chi connectivity index (χ0) is 13.4. The molecule has 0 aliphatic carbocycles. The quantitative estimate of drug-likeness (QED) is 0.550. The van der Waals surface area contributed by atoms with Gasteiger partial charge in [0, 0.05) is 11.5 Å². The number of rotatable bonds is 3. The molecule has 1 aliphatic heterocycles. The van der Waals surface area contributed by atoms with Crippen molar-refractivity contribution in [2.75, 3.05) is 13.3 Å². The molecule has 1 aliphatic rings. The van der Waals surface area contributed by atoms with Gasteiger partial charge < -0.3 is 20.6 Å². The molecule has 0 saturated carbocycles. The van der Waals surface area contributed by atoms with Gasteiger partial charge in [-0.2, -0.15) is 0 Å². The molecule has 2 unspecified atom stereocenters. The van der Waals surface area contributed by atoms with Crippen molar-refractivity contribution >= 4 is 6.03 Å². The molecule has 1 saturated heterocycles. The molecule has 1 rings (SSSR count). The summed E-state index contributed by atoms with van der Waals surface area (Å²) in [7, 11) is 0. The highest BCUT2D eigenvalue weighted by molar-refractivity contribution is 5.76. The first kappa shape index (κ1) is 14.2. The van der Waals surface area contributed by atoms with Crippen molar-refractivity contribution in [1.82, 2.24) is 10.2 Å². The Morgan fingerprint density at radius 1 is 1.41 bits per heavy atom. The SMILES string of the molecule is CC(C)C1NC(=O)N(CO)C(O)(CO)C1(C)C. The van der Waals surface area contributed by atoms with Gasteiger partial charge in [0.2, 0.25) is 0 Å². The number of hydrogen-bond donors (Lipinski definition) is 4. The van der Waals surface area contributed by atoms with E-state index in [-0.39, 0.29) is 12.0 Å². The van der Waals surface area contributed by atoms with Crippen LogP contribution in [0.5, 0.6) is 0 Å². The third-order valence-corrected chi connectivity index (χ3v) is 3.81. The summed E-state index contributed by atoms with van der Waals surface area (Å²) in [6.07, 6.45) is 0. The lowest BCUT2D eigenvalue weighted by molar-refractivity contribution is -0.227. The first-order valence-corrected chi connectivity index (χ1v) is 5.74. The van der Waals surface area contributed by atoms with Crippen molar-refractivity contribution in [3.63, 3.8) is 0 Å². The van der Waals surface area contributed by atoms with Gasteiger partial charge in [0.15, 0.2) is 5.72 Å². The van der Waals surface area contributed by atoms with Crippen LogP contribution in [0.2, 0.25) is 0 Å². The molecule has 0 bridgehead atoms. The van der Waals surface area contributed by atoms with Crippen LogP contribution in [0.25, 0.3) is 0 Å². The lowest BCUT2D eigenvalue weighted by Gasteiger charge is -2.56. The molecular weight excluding hydrogens is 224 g/mol. The van der Waals surface area contributed by atoms with E-state index >= 15 is 0 Å². The van der Waals surface area contributed by atoms with Crippen molar-refractivity contribution in [2.24, 2.45) is 11.3 Å². The molecule has 0 aromatic rings. The zero-order valence-corrected chi connectivity index (χ0v) is 10.8. The van der Waals surface area contributed by atoms with Gasteiger partial charge in [0.05, 0.1) is 6.61 Å². The van der Waals surface area contributed by atoms with Crippen LogP contribution in [-0.4, -0.2) is 51.4 Å². The number of hydrogen-bond acceptors (Lipinski definition) is 4. The Labute approximate surface area is 101 Å². The van der Waals surface area contributed by atoms with E-state index in [1.807, 2.05) is 13.8 Å². The van der Waals surface area contributed by atoms with Gasteiger partial charge in [0.25, 0.3) is 0 Å². The normalized spacial score (nSPS) is 32.8. The minimum absolute atomic E-state index is 0.105. The van der Waals surface area contributed by atoms with E-state index in [0.29, 0.717) is 0 Å². The lowest BCUT2D eigenvalue weighted by Crippen LogP contribution is -2.75. The fourth-order valence-electron chi connectivity index (χ4n) is 2.63. The van der Waals surface area contributed by atoms with E-state index in [1.165, 1.54) is 0 Å². The second kappa shape index (κ2) is 4.44. The van der Waals surface area contributed by atoms with Crippen LogP contribution < -0.4 is 5.32 Å². The molecule has 1 fully saturated rings. The van der Waals surface area contributed by atoms with Crippen molar-refractivity contribution in [3.05, 3.63) is 0 Å². The first-order valence-electron chi connectivity index (χ1n) is 5.74. The van der Waals surface area contributed by atoms with Gasteiger partial charge in [-0.25, -0.2) is 4.79 Å². The van der Waals surface area contributed by atoms with Gasteiger partial charge >= 0.3 is 6.03 Å². The van der Waals surface area contributed by atoms with E-state index in [1.54, 1.807) is 13.8 Å². The molecule has 6 nitrogen and oxygen atoms in total. The Bertz CT molecular complexity index is 306. The Morgan fingerprint density at radius 2 is 1.94 bits per heavy atom. The highest BCUT2D eigenvalue weighted by atomic mass is 16.4. The summed E-state index contributed by atoms with van der Waals surface area (Å²) in [5, 5.41) is 31.9. The van der Waals surface area contributed by atoms with E-state index in [9.17, 15) is 20.1 Å². The second-order valence-corrected chi connectivity index (χ2v) is 5.44. The first-order chi connectivity index (χ1) is 7.72. The largest absolute Gasteiger partial charge is 0.391 e. The van der Waals surface area contributed by atoms with E-state index in [0.717, 1.165) is 4.90 Å². The maximum Gasteiger partial charge on any atom is 0.321 e. The molecule has 0 aromatic heterocycles. The summed E-state index contributed by atoms with van der Waals surface area (Å²) in [5.41, 5.74) is -2.55. The summed E-state index contributed by atoms with van der Waals surface area (Å²) >= 11 is 0. The van der Waals surface area contributed by atoms with Crippen LogP contribution in [-0.2, 0) is 0 Å². The van der Waals surface area contributed by atoms with Crippen LogP contribution in [0.1, 0.15) is 27.7 Å². The fourth-order valence-corrected chi connectivity index (χ4v) is 2.63. The molecular formula is C11H22N2O4. The predicted molar refractivity (Wildman–Crippen MR) is 61.9 cm³/mol. The average Bonchev–Trinajstić information content (AvgIpc) is 2.24. The highest BCUT2D eigenvalue weighted by Gasteiger charge is 2.58.